The van der Waals surface area contributed by atoms with Crippen LogP contribution in [0.5, 0.6) is 0 Å². The van der Waals surface area contributed by atoms with E-state index in [-0.39, 0.29) is 0 Å². The molecule has 0 radical (unpaired) electrons. The van der Waals surface area contributed by atoms with Crippen LogP contribution in [0.4, 0.5) is 0 Å². The van der Waals surface area contributed by atoms with Gasteiger partial charge in [-0.3, -0.25) is 0 Å². The fourth-order valence-electron chi connectivity index (χ4n) is 6.27. The van der Waals surface area contributed by atoms with E-state index in [1.165, 1.54) is 57.8 Å². The first-order valence-corrected chi connectivity index (χ1v) is 12.4. The van der Waals surface area contributed by atoms with E-state index in [2.05, 4.69) is 0 Å². The highest BCUT2D eigenvalue weighted by molar-refractivity contribution is 4.74. The fourth-order valence-corrected chi connectivity index (χ4v) is 6.27. The third kappa shape index (κ3) is 7.64. The molecule has 0 amide bonds. The molecule has 0 aromatic heterocycles. The summed E-state index contributed by atoms with van der Waals surface area (Å²) in [6, 6.07) is 0. The van der Waals surface area contributed by atoms with Gasteiger partial charge in [-0.15, -0.1) is 0 Å². The summed E-state index contributed by atoms with van der Waals surface area (Å²) in [6.07, 6.45) is 32.5. The van der Waals surface area contributed by atoms with Crippen molar-refractivity contribution in [2.45, 2.75) is 135 Å². The molecular weight excluding hydrogens is 300 g/mol. The van der Waals surface area contributed by atoms with Gasteiger partial charge in [-0.2, -0.15) is 0 Å². The van der Waals surface area contributed by atoms with E-state index in [1.807, 2.05) is 0 Å². The summed E-state index contributed by atoms with van der Waals surface area (Å²) in [7, 11) is 0. The predicted octanol–water partition coefficient (Wildman–Crippen LogP) is 8.68. The molecule has 0 bridgehead atoms. The molecule has 0 N–H and O–H groups in total. The molecule has 0 aromatic rings. The standard InChI is InChI=1S/C25H46/c1-4-10-22(11-5-1)16-19-25(20-17-23-12-6-2-7-13-23)21-18-24-14-8-3-9-15-24/h22-25H,1-21H2. The maximum atomic E-state index is 1.57. The second kappa shape index (κ2) is 11.7. The summed E-state index contributed by atoms with van der Waals surface area (Å²) < 4.78 is 0. The van der Waals surface area contributed by atoms with E-state index >= 15 is 0 Å². The van der Waals surface area contributed by atoms with Crippen LogP contribution in [-0.4, -0.2) is 0 Å². The molecule has 0 nitrogen and oxygen atoms in total. The molecule has 0 aromatic carbocycles. The third-order valence-electron chi connectivity index (χ3n) is 8.12. The van der Waals surface area contributed by atoms with Gasteiger partial charge in [0.05, 0.1) is 0 Å². The van der Waals surface area contributed by atoms with E-state index in [0.29, 0.717) is 0 Å². The quantitative estimate of drug-likeness (QED) is 0.391. The summed E-state index contributed by atoms with van der Waals surface area (Å²) in [5.74, 6) is 4.37. The second-order valence-electron chi connectivity index (χ2n) is 10.1. The third-order valence-corrected chi connectivity index (χ3v) is 8.12. The van der Waals surface area contributed by atoms with Crippen molar-refractivity contribution < 1.29 is 0 Å². The van der Waals surface area contributed by atoms with Gasteiger partial charge in [-0.25, -0.2) is 0 Å². The van der Waals surface area contributed by atoms with Crippen molar-refractivity contribution in [3.8, 4) is 0 Å². The molecule has 0 heterocycles. The normalized spacial score (nSPS) is 24.8. The Morgan fingerprint density at radius 1 is 0.400 bits per heavy atom. The van der Waals surface area contributed by atoms with Crippen LogP contribution in [0.1, 0.15) is 135 Å². The predicted molar refractivity (Wildman–Crippen MR) is 111 cm³/mol. The average Bonchev–Trinajstić information content (AvgIpc) is 2.70. The number of hydrogen-bond donors (Lipinski definition) is 0. The van der Waals surface area contributed by atoms with Crippen molar-refractivity contribution in [1.82, 2.24) is 0 Å². The maximum Gasteiger partial charge on any atom is -0.0414 e. The van der Waals surface area contributed by atoms with Gasteiger partial charge in [-0.05, 0) is 23.7 Å². The van der Waals surface area contributed by atoms with E-state index in [0.717, 1.165) is 23.7 Å². The van der Waals surface area contributed by atoms with Crippen LogP contribution in [-0.2, 0) is 0 Å². The Bertz CT molecular complexity index is 263. The van der Waals surface area contributed by atoms with E-state index < -0.39 is 0 Å². The van der Waals surface area contributed by atoms with Crippen molar-refractivity contribution in [2.75, 3.05) is 0 Å². The first-order chi connectivity index (χ1) is 12.4. The van der Waals surface area contributed by atoms with Crippen molar-refractivity contribution in [2.24, 2.45) is 23.7 Å². The minimum absolute atomic E-state index is 1.07. The zero-order valence-electron chi connectivity index (χ0n) is 17.2. The molecule has 0 heteroatoms. The van der Waals surface area contributed by atoms with Gasteiger partial charge < -0.3 is 0 Å². The molecule has 3 aliphatic rings. The Balaban J connectivity index is 1.39. The van der Waals surface area contributed by atoms with Gasteiger partial charge in [0.1, 0.15) is 0 Å². The van der Waals surface area contributed by atoms with E-state index in [4.69, 9.17) is 0 Å². The first-order valence-electron chi connectivity index (χ1n) is 12.4. The monoisotopic (exact) mass is 346 g/mol. The number of hydrogen-bond acceptors (Lipinski definition) is 0. The molecule has 3 saturated carbocycles. The van der Waals surface area contributed by atoms with Gasteiger partial charge >= 0.3 is 0 Å². The van der Waals surface area contributed by atoms with Crippen LogP contribution in [0.25, 0.3) is 0 Å². The second-order valence-corrected chi connectivity index (χ2v) is 10.1. The molecule has 0 aliphatic heterocycles. The maximum absolute atomic E-state index is 1.57. The smallest absolute Gasteiger partial charge is 0.0414 e. The first kappa shape index (κ1) is 19.8. The van der Waals surface area contributed by atoms with Gasteiger partial charge in [0.15, 0.2) is 0 Å². The minimum atomic E-state index is 1.07. The molecule has 0 unspecified atom stereocenters. The molecule has 25 heavy (non-hydrogen) atoms. The summed E-state index contributed by atoms with van der Waals surface area (Å²) in [5.41, 5.74) is 0. The molecule has 3 rings (SSSR count). The van der Waals surface area contributed by atoms with Gasteiger partial charge in [0, 0.05) is 0 Å². The lowest BCUT2D eigenvalue weighted by molar-refractivity contribution is 0.245. The van der Waals surface area contributed by atoms with Crippen molar-refractivity contribution >= 4 is 0 Å². The van der Waals surface area contributed by atoms with Crippen molar-refractivity contribution in [3.63, 3.8) is 0 Å². The fraction of sp³-hybridized carbons (Fsp3) is 1.00. The molecule has 3 fully saturated rings. The summed E-state index contributed by atoms with van der Waals surface area (Å²) >= 11 is 0. The van der Waals surface area contributed by atoms with E-state index in [1.54, 1.807) is 77.0 Å². The van der Waals surface area contributed by atoms with E-state index in [9.17, 15) is 0 Å². The van der Waals surface area contributed by atoms with Gasteiger partial charge in [0.25, 0.3) is 0 Å². The van der Waals surface area contributed by atoms with Crippen molar-refractivity contribution in [3.05, 3.63) is 0 Å². The van der Waals surface area contributed by atoms with Crippen molar-refractivity contribution in [1.29, 1.82) is 0 Å². The highest BCUT2D eigenvalue weighted by Gasteiger charge is 2.21. The lowest BCUT2D eigenvalue weighted by atomic mass is 9.78. The van der Waals surface area contributed by atoms with Crippen LogP contribution < -0.4 is 0 Å². The Labute approximate surface area is 158 Å². The highest BCUT2D eigenvalue weighted by Crippen LogP contribution is 2.36. The van der Waals surface area contributed by atoms with Crippen LogP contribution in [0.15, 0.2) is 0 Å². The Hall–Kier alpha value is 0. The average molecular weight is 347 g/mol. The largest absolute Gasteiger partial charge is 0.0533 e. The number of rotatable bonds is 9. The zero-order chi connectivity index (χ0) is 17.2. The molecule has 146 valence electrons. The summed E-state index contributed by atoms with van der Waals surface area (Å²) in [6.45, 7) is 0. The highest BCUT2D eigenvalue weighted by atomic mass is 14.3. The summed E-state index contributed by atoms with van der Waals surface area (Å²) in [5, 5.41) is 0. The summed E-state index contributed by atoms with van der Waals surface area (Å²) in [4.78, 5) is 0. The zero-order valence-corrected chi connectivity index (χ0v) is 17.2. The molecular formula is C25H46. The van der Waals surface area contributed by atoms with Crippen LogP contribution in [0.2, 0.25) is 0 Å². The van der Waals surface area contributed by atoms with Gasteiger partial charge in [0.2, 0.25) is 0 Å². The van der Waals surface area contributed by atoms with Crippen LogP contribution in [0, 0.1) is 23.7 Å². The Kier molecular flexibility index (Phi) is 9.21. The SMILES string of the molecule is C1CCC(CCC(CCC2CCCCC2)CCC2CCCCC2)CC1. The Morgan fingerprint density at radius 3 is 0.960 bits per heavy atom. The lowest BCUT2D eigenvalue weighted by Gasteiger charge is -2.28. The topological polar surface area (TPSA) is 0 Å². The lowest BCUT2D eigenvalue weighted by Crippen LogP contribution is -2.14. The Morgan fingerprint density at radius 2 is 0.680 bits per heavy atom. The van der Waals surface area contributed by atoms with Crippen LogP contribution in [0.3, 0.4) is 0 Å². The molecule has 0 spiro atoms. The molecule has 0 saturated heterocycles. The van der Waals surface area contributed by atoms with Crippen LogP contribution >= 0.6 is 0 Å². The minimum Gasteiger partial charge on any atom is -0.0533 e. The molecule has 0 atom stereocenters. The van der Waals surface area contributed by atoms with Gasteiger partial charge in [-0.1, -0.05) is 135 Å². The molecule has 3 aliphatic carbocycles.